The minimum Gasteiger partial charge on any atom is -0.480 e. The van der Waals surface area contributed by atoms with Gasteiger partial charge in [-0.1, -0.05) is 25.3 Å². The van der Waals surface area contributed by atoms with Gasteiger partial charge in [-0.15, -0.1) is 5.10 Å². The standard InChI is InChI=1S/C12H19N3O4S/c1-12(2,3)9-8(20-15-14-9)10(16)13-7(11(17)18)5-6-19-4/h7H,5-6H2,1-4H3,(H,13,16)(H,17,18). The highest BCUT2D eigenvalue weighted by Gasteiger charge is 2.28. The molecule has 0 aliphatic heterocycles. The van der Waals surface area contributed by atoms with Gasteiger partial charge in [-0.2, -0.15) is 0 Å². The molecule has 8 heteroatoms. The number of rotatable bonds is 6. The monoisotopic (exact) mass is 301 g/mol. The highest BCUT2D eigenvalue weighted by atomic mass is 32.1. The van der Waals surface area contributed by atoms with E-state index in [1.807, 2.05) is 20.8 Å². The van der Waals surface area contributed by atoms with Gasteiger partial charge in [-0.25, -0.2) is 4.79 Å². The van der Waals surface area contributed by atoms with Crippen molar-refractivity contribution in [3.8, 4) is 0 Å². The number of hydrogen-bond donors (Lipinski definition) is 2. The number of carbonyl (C=O) groups excluding carboxylic acids is 1. The van der Waals surface area contributed by atoms with E-state index in [4.69, 9.17) is 9.84 Å². The average Bonchev–Trinajstić information content (AvgIpc) is 2.82. The second-order valence-corrected chi connectivity index (χ2v) is 6.10. The summed E-state index contributed by atoms with van der Waals surface area (Å²) in [4.78, 5) is 23.6. The molecule has 112 valence electrons. The fraction of sp³-hybridized carbons (Fsp3) is 0.667. The number of carboxylic acid groups (broad SMARTS) is 1. The van der Waals surface area contributed by atoms with Crippen molar-refractivity contribution in [1.29, 1.82) is 0 Å². The van der Waals surface area contributed by atoms with Crippen LogP contribution in [0.5, 0.6) is 0 Å². The molecule has 0 aliphatic carbocycles. The molecule has 0 aromatic carbocycles. The summed E-state index contributed by atoms with van der Waals surface area (Å²) in [6, 6.07) is -0.989. The lowest BCUT2D eigenvalue weighted by Gasteiger charge is -2.18. The van der Waals surface area contributed by atoms with E-state index in [0.717, 1.165) is 11.5 Å². The minimum atomic E-state index is -1.09. The maximum absolute atomic E-state index is 12.2. The second-order valence-electron chi connectivity index (χ2n) is 5.35. The molecular weight excluding hydrogens is 282 g/mol. The Hall–Kier alpha value is -1.54. The van der Waals surface area contributed by atoms with Gasteiger partial charge < -0.3 is 15.2 Å². The number of aromatic nitrogens is 2. The molecule has 0 fully saturated rings. The van der Waals surface area contributed by atoms with Crippen molar-refractivity contribution in [2.75, 3.05) is 13.7 Å². The largest absolute Gasteiger partial charge is 0.480 e. The smallest absolute Gasteiger partial charge is 0.326 e. The number of aliphatic carboxylic acids is 1. The molecule has 7 nitrogen and oxygen atoms in total. The van der Waals surface area contributed by atoms with Crippen LogP contribution in [0.1, 0.15) is 42.6 Å². The van der Waals surface area contributed by atoms with Crippen LogP contribution in [0.3, 0.4) is 0 Å². The van der Waals surface area contributed by atoms with Crippen molar-refractivity contribution < 1.29 is 19.4 Å². The van der Waals surface area contributed by atoms with E-state index in [-0.39, 0.29) is 18.4 Å². The third-order valence-electron chi connectivity index (χ3n) is 2.62. The maximum Gasteiger partial charge on any atom is 0.326 e. The molecular formula is C12H19N3O4S. The first kappa shape index (κ1) is 16.5. The quantitative estimate of drug-likeness (QED) is 0.814. The maximum atomic E-state index is 12.2. The SMILES string of the molecule is COCCC(NC(=O)c1snnc1C(C)(C)C)C(=O)O. The van der Waals surface area contributed by atoms with Crippen LogP contribution in [0.4, 0.5) is 0 Å². The van der Waals surface area contributed by atoms with Gasteiger partial charge in [0.15, 0.2) is 0 Å². The number of hydrogen-bond acceptors (Lipinski definition) is 6. The summed E-state index contributed by atoms with van der Waals surface area (Å²) in [5, 5.41) is 15.5. The third kappa shape index (κ3) is 4.24. The van der Waals surface area contributed by atoms with Crippen molar-refractivity contribution in [1.82, 2.24) is 14.9 Å². The highest BCUT2D eigenvalue weighted by molar-refractivity contribution is 7.08. The Bertz CT molecular complexity index is 481. The molecule has 1 aromatic heterocycles. The van der Waals surface area contributed by atoms with E-state index < -0.39 is 17.9 Å². The number of carboxylic acids is 1. The van der Waals surface area contributed by atoms with E-state index >= 15 is 0 Å². The Balaban J connectivity index is 2.85. The van der Waals surface area contributed by atoms with Gasteiger partial charge in [-0.3, -0.25) is 4.79 Å². The summed E-state index contributed by atoms with van der Waals surface area (Å²) >= 11 is 0.965. The molecule has 1 atom stereocenters. The van der Waals surface area contributed by atoms with Gasteiger partial charge in [0.2, 0.25) is 0 Å². The van der Waals surface area contributed by atoms with Crippen molar-refractivity contribution in [3.63, 3.8) is 0 Å². The topological polar surface area (TPSA) is 101 Å². The Morgan fingerprint density at radius 2 is 2.10 bits per heavy atom. The number of methoxy groups -OCH3 is 1. The molecule has 0 spiro atoms. The Kier molecular flexibility index (Phi) is 5.58. The summed E-state index contributed by atoms with van der Waals surface area (Å²) in [5.74, 6) is -1.56. The van der Waals surface area contributed by atoms with Crippen LogP contribution in [-0.4, -0.2) is 46.3 Å². The summed E-state index contributed by atoms with van der Waals surface area (Å²) in [6.45, 7) is 6.00. The number of ether oxygens (including phenoxy) is 1. The van der Waals surface area contributed by atoms with Gasteiger partial charge in [0.25, 0.3) is 5.91 Å². The molecule has 1 amide bonds. The Labute approximate surface area is 121 Å². The number of nitrogens with zero attached hydrogens (tertiary/aromatic N) is 2. The molecule has 1 heterocycles. The summed E-state index contributed by atoms with van der Waals surface area (Å²) in [6.07, 6.45) is 0.203. The van der Waals surface area contributed by atoms with Gasteiger partial charge in [0, 0.05) is 25.6 Å². The van der Waals surface area contributed by atoms with Crippen LogP contribution < -0.4 is 5.32 Å². The predicted octanol–water partition coefficient (Wildman–Crippen LogP) is 1.06. The Morgan fingerprint density at radius 3 is 2.60 bits per heavy atom. The Morgan fingerprint density at radius 1 is 1.45 bits per heavy atom. The van der Waals surface area contributed by atoms with E-state index in [1.54, 1.807) is 0 Å². The van der Waals surface area contributed by atoms with E-state index in [1.165, 1.54) is 7.11 Å². The fourth-order valence-electron chi connectivity index (χ4n) is 1.55. The molecule has 0 bridgehead atoms. The third-order valence-corrected chi connectivity index (χ3v) is 3.34. The van der Waals surface area contributed by atoms with Crippen LogP contribution >= 0.6 is 11.5 Å². The molecule has 2 N–H and O–H groups in total. The lowest BCUT2D eigenvalue weighted by Crippen LogP contribution is -2.41. The lowest BCUT2D eigenvalue weighted by molar-refractivity contribution is -0.139. The van der Waals surface area contributed by atoms with Gasteiger partial charge in [-0.05, 0) is 11.5 Å². The van der Waals surface area contributed by atoms with Gasteiger partial charge in [0.1, 0.15) is 10.9 Å². The van der Waals surface area contributed by atoms with E-state index in [2.05, 4.69) is 14.9 Å². The average molecular weight is 301 g/mol. The van der Waals surface area contributed by atoms with E-state index in [9.17, 15) is 9.59 Å². The molecule has 1 unspecified atom stereocenters. The number of nitrogens with one attached hydrogen (secondary N) is 1. The summed E-state index contributed by atoms with van der Waals surface area (Å²) < 4.78 is 8.62. The fourth-order valence-corrected chi connectivity index (χ4v) is 2.33. The normalized spacial score (nSPS) is 13.0. The zero-order valence-electron chi connectivity index (χ0n) is 12.0. The summed E-state index contributed by atoms with van der Waals surface area (Å²) in [7, 11) is 1.48. The van der Waals surface area contributed by atoms with Crippen LogP contribution in [0.25, 0.3) is 0 Å². The predicted molar refractivity (Wildman–Crippen MR) is 74.0 cm³/mol. The molecule has 1 aromatic rings. The first-order chi connectivity index (χ1) is 9.27. The van der Waals surface area contributed by atoms with Crippen LogP contribution in [0, 0.1) is 0 Å². The molecule has 0 saturated carbocycles. The lowest BCUT2D eigenvalue weighted by atomic mass is 9.91. The molecule has 0 saturated heterocycles. The first-order valence-corrected chi connectivity index (χ1v) is 6.90. The number of amides is 1. The summed E-state index contributed by atoms with van der Waals surface area (Å²) in [5.41, 5.74) is 0.237. The molecule has 20 heavy (non-hydrogen) atoms. The van der Waals surface area contributed by atoms with E-state index in [0.29, 0.717) is 10.6 Å². The van der Waals surface area contributed by atoms with Crippen LogP contribution in [0.2, 0.25) is 0 Å². The van der Waals surface area contributed by atoms with Gasteiger partial charge >= 0.3 is 5.97 Å². The van der Waals surface area contributed by atoms with Crippen LogP contribution in [0.15, 0.2) is 0 Å². The van der Waals surface area contributed by atoms with Crippen LogP contribution in [-0.2, 0) is 14.9 Å². The van der Waals surface area contributed by atoms with Crippen molar-refractivity contribution in [2.24, 2.45) is 0 Å². The zero-order valence-corrected chi connectivity index (χ0v) is 12.8. The highest BCUT2D eigenvalue weighted by Crippen LogP contribution is 2.25. The van der Waals surface area contributed by atoms with Crippen molar-refractivity contribution >= 4 is 23.4 Å². The number of carbonyl (C=O) groups is 2. The zero-order chi connectivity index (χ0) is 15.3. The van der Waals surface area contributed by atoms with Gasteiger partial charge in [0.05, 0.1) is 5.69 Å². The second kappa shape index (κ2) is 6.76. The first-order valence-electron chi connectivity index (χ1n) is 6.12. The van der Waals surface area contributed by atoms with Crippen molar-refractivity contribution in [2.45, 2.75) is 38.6 Å². The molecule has 1 rings (SSSR count). The van der Waals surface area contributed by atoms with Crippen molar-refractivity contribution in [3.05, 3.63) is 10.6 Å². The minimum absolute atomic E-state index is 0.203. The molecule has 0 radical (unpaired) electrons. The molecule has 0 aliphatic rings.